The standard InChI is InChI=1S/C12H20N4OS/c1-12(2,3)15-7-9-6-14-11(18-9)16-5-4-13-10(17)8-16/h6,15H,4-5,7-8H2,1-3H3,(H,13,17). The number of hydrogen-bond acceptors (Lipinski definition) is 5. The van der Waals surface area contributed by atoms with Crippen molar-refractivity contribution in [2.75, 3.05) is 24.5 Å². The summed E-state index contributed by atoms with van der Waals surface area (Å²) in [6.07, 6.45) is 1.89. The number of carbonyl (C=O) groups excluding carboxylic acids is 1. The number of piperazine rings is 1. The summed E-state index contributed by atoms with van der Waals surface area (Å²) in [6.45, 7) is 9.21. The van der Waals surface area contributed by atoms with Crippen molar-refractivity contribution in [3.63, 3.8) is 0 Å². The minimum Gasteiger partial charge on any atom is -0.353 e. The Bertz CT molecular complexity index is 424. The molecule has 1 aliphatic heterocycles. The highest BCUT2D eigenvalue weighted by Gasteiger charge is 2.19. The van der Waals surface area contributed by atoms with E-state index in [9.17, 15) is 4.79 Å². The molecule has 1 aromatic rings. The third-order valence-electron chi connectivity index (χ3n) is 2.64. The number of nitrogens with zero attached hydrogens (tertiary/aromatic N) is 2. The van der Waals surface area contributed by atoms with Crippen molar-refractivity contribution in [1.29, 1.82) is 0 Å². The molecule has 2 N–H and O–H groups in total. The average Bonchev–Trinajstić information content (AvgIpc) is 2.74. The van der Waals surface area contributed by atoms with Crippen molar-refractivity contribution in [2.24, 2.45) is 0 Å². The summed E-state index contributed by atoms with van der Waals surface area (Å²) < 4.78 is 0. The molecule has 1 aromatic heterocycles. The average molecular weight is 268 g/mol. The van der Waals surface area contributed by atoms with Gasteiger partial charge in [-0.1, -0.05) is 0 Å². The number of hydrogen-bond donors (Lipinski definition) is 2. The third kappa shape index (κ3) is 3.68. The van der Waals surface area contributed by atoms with E-state index in [4.69, 9.17) is 0 Å². The van der Waals surface area contributed by atoms with Gasteiger partial charge < -0.3 is 15.5 Å². The summed E-state index contributed by atoms with van der Waals surface area (Å²) in [4.78, 5) is 19.0. The first-order valence-corrected chi connectivity index (χ1v) is 6.97. The van der Waals surface area contributed by atoms with Gasteiger partial charge in [0.05, 0.1) is 6.54 Å². The van der Waals surface area contributed by atoms with E-state index < -0.39 is 0 Å². The van der Waals surface area contributed by atoms with E-state index in [0.29, 0.717) is 13.1 Å². The number of carbonyl (C=O) groups is 1. The predicted octanol–water partition coefficient (Wildman–Crippen LogP) is 0.967. The molecule has 100 valence electrons. The van der Waals surface area contributed by atoms with Gasteiger partial charge in [0.2, 0.25) is 5.91 Å². The van der Waals surface area contributed by atoms with Crippen LogP contribution in [0, 0.1) is 0 Å². The molecule has 18 heavy (non-hydrogen) atoms. The summed E-state index contributed by atoms with van der Waals surface area (Å²) in [6, 6.07) is 0. The molecule has 1 saturated heterocycles. The second kappa shape index (κ2) is 5.24. The number of rotatable bonds is 3. The molecule has 6 heteroatoms. The molecule has 0 spiro atoms. The van der Waals surface area contributed by atoms with Crippen molar-refractivity contribution in [2.45, 2.75) is 32.9 Å². The van der Waals surface area contributed by atoms with E-state index >= 15 is 0 Å². The van der Waals surface area contributed by atoms with Crippen LogP contribution in [0.3, 0.4) is 0 Å². The van der Waals surface area contributed by atoms with E-state index in [-0.39, 0.29) is 11.4 Å². The fraction of sp³-hybridized carbons (Fsp3) is 0.667. The van der Waals surface area contributed by atoms with Crippen molar-refractivity contribution >= 4 is 22.4 Å². The lowest BCUT2D eigenvalue weighted by Crippen LogP contribution is -2.47. The van der Waals surface area contributed by atoms with E-state index in [1.807, 2.05) is 11.1 Å². The van der Waals surface area contributed by atoms with E-state index in [2.05, 4.69) is 36.4 Å². The van der Waals surface area contributed by atoms with E-state index in [0.717, 1.165) is 18.2 Å². The van der Waals surface area contributed by atoms with Crippen LogP contribution in [0.5, 0.6) is 0 Å². The molecule has 0 saturated carbocycles. The Balaban J connectivity index is 1.95. The summed E-state index contributed by atoms with van der Waals surface area (Å²) in [5.74, 6) is 0.0748. The summed E-state index contributed by atoms with van der Waals surface area (Å²) in [5.41, 5.74) is 0.106. The molecule has 0 radical (unpaired) electrons. The zero-order valence-corrected chi connectivity index (χ0v) is 11.9. The zero-order chi connectivity index (χ0) is 13.2. The van der Waals surface area contributed by atoms with Crippen LogP contribution in [-0.2, 0) is 11.3 Å². The largest absolute Gasteiger partial charge is 0.353 e. The molecule has 1 amide bonds. The van der Waals surface area contributed by atoms with Gasteiger partial charge in [0.15, 0.2) is 5.13 Å². The maximum atomic E-state index is 11.3. The van der Waals surface area contributed by atoms with Crippen LogP contribution in [0.4, 0.5) is 5.13 Å². The zero-order valence-electron chi connectivity index (χ0n) is 11.1. The lowest BCUT2D eigenvalue weighted by atomic mass is 10.1. The molecule has 0 atom stereocenters. The van der Waals surface area contributed by atoms with E-state index in [1.54, 1.807) is 11.3 Å². The van der Waals surface area contributed by atoms with Crippen LogP contribution in [0.15, 0.2) is 6.20 Å². The molecule has 2 heterocycles. The summed E-state index contributed by atoms with van der Waals surface area (Å²) in [5, 5.41) is 7.19. The van der Waals surface area contributed by atoms with Gasteiger partial charge in [-0.15, -0.1) is 11.3 Å². The summed E-state index contributed by atoms with van der Waals surface area (Å²) >= 11 is 1.65. The lowest BCUT2D eigenvalue weighted by Gasteiger charge is -2.25. The van der Waals surface area contributed by atoms with Crippen LogP contribution < -0.4 is 15.5 Å². The molecule has 0 unspecified atom stereocenters. The normalized spacial score (nSPS) is 16.8. The number of amides is 1. The lowest BCUT2D eigenvalue weighted by molar-refractivity contribution is -0.120. The Hall–Kier alpha value is -1.14. The van der Waals surface area contributed by atoms with Gasteiger partial charge in [-0.2, -0.15) is 0 Å². The Morgan fingerprint density at radius 1 is 1.56 bits per heavy atom. The van der Waals surface area contributed by atoms with Crippen LogP contribution >= 0.6 is 11.3 Å². The smallest absolute Gasteiger partial charge is 0.239 e. The highest BCUT2D eigenvalue weighted by molar-refractivity contribution is 7.15. The maximum absolute atomic E-state index is 11.3. The van der Waals surface area contributed by atoms with Gasteiger partial charge in [0, 0.05) is 36.2 Å². The van der Waals surface area contributed by atoms with Crippen LogP contribution in [-0.4, -0.2) is 36.1 Å². The Morgan fingerprint density at radius 3 is 3.00 bits per heavy atom. The molecule has 0 bridgehead atoms. The van der Waals surface area contributed by atoms with Gasteiger partial charge in [-0.25, -0.2) is 4.98 Å². The molecule has 5 nitrogen and oxygen atoms in total. The second-order valence-electron chi connectivity index (χ2n) is 5.48. The van der Waals surface area contributed by atoms with Crippen LogP contribution in [0.25, 0.3) is 0 Å². The Morgan fingerprint density at radius 2 is 2.33 bits per heavy atom. The van der Waals surface area contributed by atoms with Gasteiger partial charge in [0.1, 0.15) is 0 Å². The first-order chi connectivity index (χ1) is 8.44. The molecule has 2 rings (SSSR count). The topological polar surface area (TPSA) is 57.3 Å². The van der Waals surface area contributed by atoms with E-state index in [1.165, 1.54) is 4.88 Å². The summed E-state index contributed by atoms with van der Waals surface area (Å²) in [7, 11) is 0. The van der Waals surface area contributed by atoms with Gasteiger partial charge >= 0.3 is 0 Å². The highest BCUT2D eigenvalue weighted by Crippen LogP contribution is 2.23. The van der Waals surface area contributed by atoms with Crippen molar-refractivity contribution in [1.82, 2.24) is 15.6 Å². The minimum atomic E-state index is 0.0748. The first kappa shape index (κ1) is 13.3. The first-order valence-electron chi connectivity index (χ1n) is 6.15. The Labute approximate surface area is 112 Å². The Kier molecular flexibility index (Phi) is 3.87. The van der Waals surface area contributed by atoms with Crippen molar-refractivity contribution in [3.05, 3.63) is 11.1 Å². The fourth-order valence-electron chi connectivity index (χ4n) is 1.68. The minimum absolute atomic E-state index is 0.0748. The molecule has 0 aromatic carbocycles. The molecular formula is C12H20N4OS. The number of anilines is 1. The third-order valence-corrected chi connectivity index (χ3v) is 3.70. The van der Waals surface area contributed by atoms with Crippen LogP contribution in [0.2, 0.25) is 0 Å². The SMILES string of the molecule is CC(C)(C)NCc1cnc(N2CCNC(=O)C2)s1. The van der Waals surface area contributed by atoms with Crippen molar-refractivity contribution < 1.29 is 4.79 Å². The number of thiazole rings is 1. The fourth-order valence-corrected chi connectivity index (χ4v) is 2.55. The second-order valence-corrected chi connectivity index (χ2v) is 6.58. The monoisotopic (exact) mass is 268 g/mol. The van der Waals surface area contributed by atoms with Gasteiger partial charge in [0.25, 0.3) is 0 Å². The quantitative estimate of drug-likeness (QED) is 0.857. The van der Waals surface area contributed by atoms with Gasteiger partial charge in [-0.3, -0.25) is 4.79 Å². The molecular weight excluding hydrogens is 248 g/mol. The highest BCUT2D eigenvalue weighted by atomic mass is 32.1. The number of nitrogens with one attached hydrogen (secondary N) is 2. The maximum Gasteiger partial charge on any atom is 0.239 e. The predicted molar refractivity (Wildman–Crippen MR) is 73.9 cm³/mol. The molecule has 1 aliphatic rings. The number of aromatic nitrogens is 1. The van der Waals surface area contributed by atoms with Crippen LogP contribution in [0.1, 0.15) is 25.6 Å². The van der Waals surface area contributed by atoms with Gasteiger partial charge in [-0.05, 0) is 20.8 Å². The molecule has 1 fully saturated rings. The van der Waals surface area contributed by atoms with Crippen molar-refractivity contribution in [3.8, 4) is 0 Å². The molecule has 0 aliphatic carbocycles.